The number of rotatable bonds is 8. The minimum atomic E-state index is -3.64. The third-order valence-electron chi connectivity index (χ3n) is 3.64. The second-order valence-electron chi connectivity index (χ2n) is 5.46. The van der Waals surface area contributed by atoms with Gasteiger partial charge in [0.1, 0.15) is 0 Å². The van der Waals surface area contributed by atoms with Gasteiger partial charge in [-0.15, -0.1) is 24.5 Å². The molecule has 0 fully saturated rings. The van der Waals surface area contributed by atoms with Gasteiger partial charge in [-0.1, -0.05) is 35.9 Å². The topological polar surface area (TPSA) is 46.2 Å². The van der Waals surface area contributed by atoms with Gasteiger partial charge in [-0.3, -0.25) is 0 Å². The first-order chi connectivity index (χ1) is 10.9. The van der Waals surface area contributed by atoms with Crippen LogP contribution >= 0.6 is 11.3 Å². The molecule has 0 bridgehead atoms. The zero-order chi connectivity index (χ0) is 16.9. The van der Waals surface area contributed by atoms with Crippen molar-refractivity contribution < 1.29 is 8.42 Å². The molecular weight excluding hydrogens is 326 g/mol. The minimum absolute atomic E-state index is 0.261. The van der Waals surface area contributed by atoms with Gasteiger partial charge in [0.05, 0.1) is 10.4 Å². The third-order valence-corrected chi connectivity index (χ3v) is 6.27. The van der Waals surface area contributed by atoms with E-state index in [1.54, 1.807) is 36.4 Å². The fraction of sp³-hybridized carbons (Fsp3) is 0.222. The summed E-state index contributed by atoms with van der Waals surface area (Å²) in [5.41, 5.74) is 0.270. The molecule has 0 aliphatic carbocycles. The van der Waals surface area contributed by atoms with Crippen molar-refractivity contribution in [1.82, 2.24) is 4.72 Å². The summed E-state index contributed by atoms with van der Waals surface area (Å²) >= 11 is 1.53. The Morgan fingerprint density at radius 2 is 1.74 bits per heavy atom. The van der Waals surface area contributed by atoms with E-state index in [4.69, 9.17) is 0 Å². The summed E-state index contributed by atoms with van der Waals surface area (Å²) in [7, 11) is -3.64. The highest BCUT2D eigenvalue weighted by molar-refractivity contribution is 7.89. The highest BCUT2D eigenvalue weighted by Crippen LogP contribution is 2.35. The van der Waals surface area contributed by atoms with E-state index in [1.165, 1.54) is 11.3 Å². The summed E-state index contributed by atoms with van der Waals surface area (Å²) in [6.07, 6.45) is 4.46. The van der Waals surface area contributed by atoms with Crippen molar-refractivity contribution in [3.63, 3.8) is 0 Å². The molecule has 0 amide bonds. The molecule has 0 spiro atoms. The molecule has 0 unspecified atom stereocenters. The number of thiophene rings is 1. The van der Waals surface area contributed by atoms with Crippen molar-refractivity contribution in [3.8, 4) is 0 Å². The molecule has 0 atom stereocenters. The molecule has 0 saturated carbocycles. The first-order valence-electron chi connectivity index (χ1n) is 7.30. The Hall–Kier alpha value is -1.69. The van der Waals surface area contributed by atoms with Crippen molar-refractivity contribution >= 4 is 21.4 Å². The van der Waals surface area contributed by atoms with E-state index in [1.807, 2.05) is 24.4 Å². The lowest BCUT2D eigenvalue weighted by Crippen LogP contribution is -2.44. The van der Waals surface area contributed by atoms with E-state index >= 15 is 0 Å². The SMILES string of the molecule is C=CCC(CC=C)(NS(=O)(=O)c1ccc(C)cc1)c1cccs1. The Labute approximate surface area is 142 Å². The molecule has 23 heavy (non-hydrogen) atoms. The van der Waals surface area contributed by atoms with Crippen LogP contribution in [0.15, 0.2) is 72.0 Å². The van der Waals surface area contributed by atoms with Crippen LogP contribution in [-0.4, -0.2) is 8.42 Å². The molecule has 0 radical (unpaired) electrons. The fourth-order valence-electron chi connectivity index (χ4n) is 2.50. The quantitative estimate of drug-likeness (QED) is 0.720. The second kappa shape index (κ2) is 7.25. The molecular formula is C18H21NO2S2. The maximum Gasteiger partial charge on any atom is 0.241 e. The summed E-state index contributed by atoms with van der Waals surface area (Å²) in [6.45, 7) is 9.50. The molecule has 1 aromatic heterocycles. The molecule has 1 N–H and O–H groups in total. The van der Waals surface area contributed by atoms with Gasteiger partial charge in [-0.25, -0.2) is 8.42 Å². The molecule has 1 heterocycles. The predicted molar refractivity (Wildman–Crippen MR) is 97.1 cm³/mol. The van der Waals surface area contributed by atoms with Crippen LogP contribution in [0.25, 0.3) is 0 Å². The molecule has 1 aromatic carbocycles. The third kappa shape index (κ3) is 3.99. The van der Waals surface area contributed by atoms with E-state index in [2.05, 4.69) is 17.9 Å². The van der Waals surface area contributed by atoms with Gasteiger partial charge in [-0.05, 0) is 43.3 Å². The van der Waals surface area contributed by atoms with Crippen LogP contribution in [0, 0.1) is 6.92 Å². The van der Waals surface area contributed by atoms with E-state index in [0.717, 1.165) is 10.4 Å². The van der Waals surface area contributed by atoms with Gasteiger partial charge in [0.25, 0.3) is 0 Å². The van der Waals surface area contributed by atoms with E-state index in [0.29, 0.717) is 12.8 Å². The molecule has 0 saturated heterocycles. The molecule has 3 nitrogen and oxygen atoms in total. The number of hydrogen-bond acceptors (Lipinski definition) is 3. The summed E-state index contributed by atoms with van der Waals surface area (Å²) in [5.74, 6) is 0. The number of aryl methyl sites for hydroxylation is 1. The van der Waals surface area contributed by atoms with Crippen LogP contribution in [-0.2, 0) is 15.6 Å². The Kier molecular flexibility index (Phi) is 5.57. The van der Waals surface area contributed by atoms with Crippen LogP contribution in [0.5, 0.6) is 0 Å². The highest BCUT2D eigenvalue weighted by Gasteiger charge is 2.35. The van der Waals surface area contributed by atoms with E-state index in [-0.39, 0.29) is 4.90 Å². The molecule has 2 aromatic rings. The summed E-state index contributed by atoms with van der Waals surface area (Å²) in [5, 5.41) is 1.94. The van der Waals surface area contributed by atoms with Crippen LogP contribution in [0.2, 0.25) is 0 Å². The molecule has 0 aliphatic rings. The van der Waals surface area contributed by atoms with E-state index in [9.17, 15) is 8.42 Å². The smallest absolute Gasteiger partial charge is 0.207 e. The normalized spacial score (nSPS) is 12.0. The molecule has 122 valence electrons. The number of sulfonamides is 1. The molecule has 5 heteroatoms. The van der Waals surface area contributed by atoms with Crippen LogP contribution in [0.4, 0.5) is 0 Å². The van der Waals surface area contributed by atoms with Gasteiger partial charge < -0.3 is 0 Å². The van der Waals surface area contributed by atoms with Gasteiger partial charge in [0.15, 0.2) is 0 Å². The minimum Gasteiger partial charge on any atom is -0.207 e. The lowest BCUT2D eigenvalue weighted by molar-refractivity contribution is 0.408. The maximum atomic E-state index is 12.8. The van der Waals surface area contributed by atoms with Crippen molar-refractivity contribution in [1.29, 1.82) is 0 Å². The lowest BCUT2D eigenvalue weighted by atomic mass is 9.90. The predicted octanol–water partition coefficient (Wildman–Crippen LogP) is 4.38. The standard InChI is InChI=1S/C18H21NO2S2/c1-4-12-18(13-5-2,17-7-6-14-22-17)19-23(20,21)16-10-8-15(3)9-11-16/h4-11,14,19H,1-2,12-13H2,3H3. The number of benzene rings is 1. The van der Waals surface area contributed by atoms with Crippen molar-refractivity contribution in [2.75, 3.05) is 0 Å². The van der Waals surface area contributed by atoms with Gasteiger partial charge in [0.2, 0.25) is 10.0 Å². The molecule has 2 rings (SSSR count). The van der Waals surface area contributed by atoms with Gasteiger partial charge >= 0.3 is 0 Å². The van der Waals surface area contributed by atoms with Crippen molar-refractivity contribution in [2.24, 2.45) is 0 Å². The lowest BCUT2D eigenvalue weighted by Gasteiger charge is -2.32. The van der Waals surface area contributed by atoms with Gasteiger partial charge in [-0.2, -0.15) is 4.72 Å². The van der Waals surface area contributed by atoms with E-state index < -0.39 is 15.6 Å². The van der Waals surface area contributed by atoms with Crippen LogP contribution in [0.1, 0.15) is 23.3 Å². The van der Waals surface area contributed by atoms with Gasteiger partial charge in [0, 0.05) is 4.88 Å². The first-order valence-corrected chi connectivity index (χ1v) is 9.66. The monoisotopic (exact) mass is 347 g/mol. The maximum absolute atomic E-state index is 12.8. The Balaban J connectivity index is 2.46. The second-order valence-corrected chi connectivity index (χ2v) is 8.09. The Morgan fingerprint density at radius 1 is 1.13 bits per heavy atom. The Bertz CT molecular complexity index is 750. The average molecular weight is 348 g/mol. The highest BCUT2D eigenvalue weighted by atomic mass is 32.2. The molecule has 0 aliphatic heterocycles. The number of nitrogens with one attached hydrogen (secondary N) is 1. The Morgan fingerprint density at radius 3 is 2.22 bits per heavy atom. The first kappa shape index (κ1) is 17.7. The summed E-state index contributed by atoms with van der Waals surface area (Å²) in [4.78, 5) is 1.21. The zero-order valence-corrected chi connectivity index (χ0v) is 14.8. The van der Waals surface area contributed by atoms with Crippen LogP contribution in [0.3, 0.4) is 0 Å². The zero-order valence-electron chi connectivity index (χ0n) is 13.2. The fourth-order valence-corrected chi connectivity index (χ4v) is 4.87. The van der Waals surface area contributed by atoms with Crippen molar-refractivity contribution in [2.45, 2.75) is 30.2 Å². The summed E-state index contributed by atoms with van der Waals surface area (Å²) < 4.78 is 28.5. The van der Waals surface area contributed by atoms with Crippen LogP contribution < -0.4 is 4.72 Å². The summed E-state index contributed by atoms with van der Waals surface area (Å²) in [6, 6.07) is 10.7. The van der Waals surface area contributed by atoms with Crippen molar-refractivity contribution in [3.05, 3.63) is 77.5 Å². The largest absolute Gasteiger partial charge is 0.241 e. The number of hydrogen-bond donors (Lipinski definition) is 1. The average Bonchev–Trinajstić information content (AvgIpc) is 3.02.